The highest BCUT2D eigenvalue weighted by atomic mass is 32.2. The second-order valence-corrected chi connectivity index (χ2v) is 6.23. The smallest absolute Gasteiger partial charge is 0.299 e. The molecule has 102 valence electrons. The van der Waals surface area contributed by atoms with Gasteiger partial charge in [-0.15, -0.1) is 0 Å². The van der Waals surface area contributed by atoms with Crippen LogP contribution in [0, 0.1) is 0 Å². The lowest BCUT2D eigenvalue weighted by molar-refractivity contribution is 0.410. The highest BCUT2D eigenvalue weighted by Gasteiger charge is 2.22. The zero-order valence-corrected chi connectivity index (χ0v) is 11.6. The number of phenolic OH excluding ortho intramolecular Hbond substituents is 1. The van der Waals surface area contributed by atoms with Gasteiger partial charge in [0.1, 0.15) is 17.2 Å². The number of para-hydroxylation sites is 1. The topological polar surface area (TPSA) is 87.7 Å². The molecule has 0 unspecified atom stereocenters. The number of nitrogens with one attached hydrogen (secondary N) is 2. The summed E-state index contributed by atoms with van der Waals surface area (Å²) in [5.74, 6) is 0.0444. The third kappa shape index (κ3) is 4.08. The van der Waals surface area contributed by atoms with Gasteiger partial charge in [0.15, 0.2) is 0 Å². The second kappa shape index (κ2) is 5.03. The number of ether oxygens (including phenoxy) is 1. The van der Waals surface area contributed by atoms with Crippen molar-refractivity contribution in [3.63, 3.8) is 0 Å². The van der Waals surface area contributed by atoms with Gasteiger partial charge in [0.05, 0.1) is 7.11 Å². The molecule has 3 N–H and O–H groups in total. The maximum absolute atomic E-state index is 11.8. The molecule has 0 atom stereocenters. The van der Waals surface area contributed by atoms with E-state index in [1.54, 1.807) is 32.9 Å². The third-order valence-corrected chi connectivity index (χ3v) is 3.26. The quantitative estimate of drug-likeness (QED) is 0.725. The van der Waals surface area contributed by atoms with Crippen molar-refractivity contribution in [1.82, 2.24) is 4.72 Å². The first-order chi connectivity index (χ1) is 8.14. The number of rotatable bonds is 4. The fraction of sp³-hybridized carbons (Fsp3) is 0.455. The lowest BCUT2D eigenvalue weighted by Crippen LogP contribution is -2.43. The van der Waals surface area contributed by atoms with Crippen molar-refractivity contribution in [3.05, 3.63) is 18.2 Å². The Balaban J connectivity index is 3.05. The summed E-state index contributed by atoms with van der Waals surface area (Å²) in [6, 6.07) is 4.48. The van der Waals surface area contributed by atoms with Crippen molar-refractivity contribution in [2.45, 2.75) is 26.3 Å². The Labute approximate surface area is 107 Å². The zero-order valence-electron chi connectivity index (χ0n) is 10.8. The van der Waals surface area contributed by atoms with Gasteiger partial charge in [-0.1, -0.05) is 6.07 Å². The number of phenols is 1. The first kappa shape index (κ1) is 14.6. The minimum Gasteiger partial charge on any atom is -0.506 e. The fourth-order valence-electron chi connectivity index (χ4n) is 1.36. The molecule has 1 rings (SSSR count). The largest absolute Gasteiger partial charge is 0.506 e. The van der Waals surface area contributed by atoms with Crippen LogP contribution in [0.1, 0.15) is 20.8 Å². The van der Waals surface area contributed by atoms with E-state index in [0.29, 0.717) is 0 Å². The van der Waals surface area contributed by atoms with Crippen LogP contribution in [0.25, 0.3) is 0 Å². The van der Waals surface area contributed by atoms with Crippen LogP contribution in [0.2, 0.25) is 0 Å². The molecule has 0 bridgehead atoms. The maximum Gasteiger partial charge on any atom is 0.299 e. The molecule has 0 aliphatic rings. The van der Waals surface area contributed by atoms with Crippen LogP contribution in [0.5, 0.6) is 11.5 Å². The fourth-order valence-corrected chi connectivity index (χ4v) is 2.69. The molecule has 18 heavy (non-hydrogen) atoms. The van der Waals surface area contributed by atoms with Crippen molar-refractivity contribution in [1.29, 1.82) is 0 Å². The lowest BCUT2D eigenvalue weighted by atomic mass is 10.1. The molecular formula is C11H18N2O4S. The number of aromatic hydroxyl groups is 1. The summed E-state index contributed by atoms with van der Waals surface area (Å²) < 4.78 is 33.3. The van der Waals surface area contributed by atoms with E-state index in [0.717, 1.165) is 0 Å². The minimum atomic E-state index is -3.79. The second-order valence-electron chi connectivity index (χ2n) is 4.81. The van der Waals surface area contributed by atoms with Crippen LogP contribution in [0.4, 0.5) is 5.69 Å². The van der Waals surface area contributed by atoms with Gasteiger partial charge in [0.2, 0.25) is 0 Å². The molecule has 0 spiro atoms. The average molecular weight is 274 g/mol. The van der Waals surface area contributed by atoms with Crippen LogP contribution in [-0.2, 0) is 10.2 Å². The van der Waals surface area contributed by atoms with Crippen molar-refractivity contribution < 1.29 is 18.3 Å². The molecule has 0 radical (unpaired) electrons. The summed E-state index contributed by atoms with van der Waals surface area (Å²) in [6.07, 6.45) is 0. The molecule has 0 aliphatic carbocycles. The summed E-state index contributed by atoms with van der Waals surface area (Å²) in [5.41, 5.74) is -0.611. The summed E-state index contributed by atoms with van der Waals surface area (Å²) in [4.78, 5) is 0. The Bertz CT molecular complexity index is 520. The van der Waals surface area contributed by atoms with Gasteiger partial charge in [-0.3, -0.25) is 4.72 Å². The first-order valence-electron chi connectivity index (χ1n) is 5.32. The predicted octanol–water partition coefficient (Wildman–Crippen LogP) is 1.45. The van der Waals surface area contributed by atoms with Gasteiger partial charge in [0.25, 0.3) is 10.2 Å². The molecule has 1 aromatic rings. The van der Waals surface area contributed by atoms with Gasteiger partial charge in [-0.05, 0) is 32.9 Å². The molecule has 0 aliphatic heterocycles. The molecule has 7 heteroatoms. The van der Waals surface area contributed by atoms with Gasteiger partial charge < -0.3 is 9.84 Å². The van der Waals surface area contributed by atoms with Crippen LogP contribution in [0.15, 0.2) is 18.2 Å². The SMILES string of the molecule is COc1cccc(O)c1NS(=O)(=O)NC(C)(C)C. The highest BCUT2D eigenvalue weighted by Crippen LogP contribution is 2.33. The van der Waals surface area contributed by atoms with E-state index in [1.807, 2.05) is 0 Å². The van der Waals surface area contributed by atoms with Crippen LogP contribution >= 0.6 is 0 Å². The number of methoxy groups -OCH3 is 1. The molecule has 0 saturated carbocycles. The Kier molecular flexibility index (Phi) is 4.08. The van der Waals surface area contributed by atoms with E-state index in [1.165, 1.54) is 13.2 Å². The predicted molar refractivity (Wildman–Crippen MR) is 70.1 cm³/mol. The Morgan fingerprint density at radius 2 is 1.89 bits per heavy atom. The highest BCUT2D eigenvalue weighted by molar-refractivity contribution is 7.90. The van der Waals surface area contributed by atoms with E-state index in [4.69, 9.17) is 4.74 Å². The summed E-state index contributed by atoms with van der Waals surface area (Å²) >= 11 is 0. The Morgan fingerprint density at radius 1 is 1.28 bits per heavy atom. The monoisotopic (exact) mass is 274 g/mol. The lowest BCUT2D eigenvalue weighted by Gasteiger charge is -2.21. The summed E-state index contributed by atoms with van der Waals surface area (Å²) in [6.45, 7) is 5.15. The van der Waals surface area contributed by atoms with E-state index < -0.39 is 15.7 Å². The maximum atomic E-state index is 11.8. The van der Waals surface area contributed by atoms with Crippen molar-refractivity contribution in [3.8, 4) is 11.5 Å². The molecule has 1 aromatic carbocycles. The number of hydrogen-bond acceptors (Lipinski definition) is 4. The Hall–Kier alpha value is -1.47. The van der Waals surface area contributed by atoms with E-state index in [9.17, 15) is 13.5 Å². The Morgan fingerprint density at radius 3 is 2.39 bits per heavy atom. The van der Waals surface area contributed by atoms with E-state index in [2.05, 4.69) is 9.44 Å². The van der Waals surface area contributed by atoms with Crippen LogP contribution < -0.4 is 14.2 Å². The molecule has 0 amide bonds. The van der Waals surface area contributed by atoms with Crippen molar-refractivity contribution >= 4 is 15.9 Å². The molecular weight excluding hydrogens is 256 g/mol. The normalized spacial score (nSPS) is 12.2. The van der Waals surface area contributed by atoms with Gasteiger partial charge in [0, 0.05) is 5.54 Å². The van der Waals surface area contributed by atoms with Crippen LogP contribution in [0.3, 0.4) is 0 Å². The summed E-state index contributed by atoms with van der Waals surface area (Å²) in [5, 5.41) is 9.65. The van der Waals surface area contributed by atoms with Gasteiger partial charge in [-0.2, -0.15) is 13.1 Å². The molecule has 0 heterocycles. The minimum absolute atomic E-state index is 0.0109. The number of hydrogen-bond donors (Lipinski definition) is 3. The molecule has 0 aromatic heterocycles. The summed E-state index contributed by atoms with van der Waals surface area (Å²) in [7, 11) is -2.39. The first-order valence-corrected chi connectivity index (χ1v) is 6.80. The number of benzene rings is 1. The van der Waals surface area contributed by atoms with E-state index >= 15 is 0 Å². The zero-order chi connectivity index (χ0) is 14.0. The average Bonchev–Trinajstić information content (AvgIpc) is 2.17. The van der Waals surface area contributed by atoms with Crippen LogP contribution in [-0.4, -0.2) is 26.2 Å². The van der Waals surface area contributed by atoms with Gasteiger partial charge in [-0.25, -0.2) is 0 Å². The number of anilines is 1. The van der Waals surface area contributed by atoms with Crippen molar-refractivity contribution in [2.24, 2.45) is 0 Å². The van der Waals surface area contributed by atoms with Gasteiger partial charge >= 0.3 is 0 Å². The molecule has 6 nitrogen and oxygen atoms in total. The van der Waals surface area contributed by atoms with E-state index in [-0.39, 0.29) is 17.2 Å². The van der Waals surface area contributed by atoms with Crippen molar-refractivity contribution in [2.75, 3.05) is 11.8 Å². The molecule has 0 saturated heterocycles. The molecule has 0 fully saturated rings. The third-order valence-electron chi connectivity index (χ3n) is 1.90. The standard InChI is InChI=1S/C11H18N2O4S/c1-11(2,3)13-18(15,16)12-10-8(14)6-5-7-9(10)17-4/h5-7,12-14H,1-4H3.